The van der Waals surface area contributed by atoms with E-state index in [0.717, 1.165) is 46.6 Å². The normalized spacial score (nSPS) is 12.3. The number of H-pyrrole nitrogens is 1. The van der Waals surface area contributed by atoms with Gasteiger partial charge in [-0.3, -0.25) is 9.69 Å². The van der Waals surface area contributed by atoms with Crippen molar-refractivity contribution in [2.45, 2.75) is 33.0 Å². The number of aryl methyl sites for hydroxylation is 1. The minimum absolute atomic E-state index is 0.160. The summed E-state index contributed by atoms with van der Waals surface area (Å²) in [5.74, 6) is 0.625. The van der Waals surface area contributed by atoms with Gasteiger partial charge in [0.25, 0.3) is 5.91 Å². The van der Waals surface area contributed by atoms with Crippen LogP contribution in [0.3, 0.4) is 0 Å². The van der Waals surface area contributed by atoms with Gasteiger partial charge in [0.05, 0.1) is 17.7 Å². The Hall–Kier alpha value is -2.87. The molecule has 0 aliphatic carbocycles. The molecule has 1 amide bonds. The molecular formula is C25H27ClN4O2S. The van der Waals surface area contributed by atoms with E-state index in [4.69, 9.17) is 16.3 Å². The second kappa shape index (κ2) is 10.4. The van der Waals surface area contributed by atoms with Crippen LogP contribution in [-0.2, 0) is 13.1 Å². The monoisotopic (exact) mass is 482 g/mol. The number of aromatic nitrogens is 2. The van der Waals surface area contributed by atoms with Gasteiger partial charge in [0.2, 0.25) is 0 Å². The van der Waals surface area contributed by atoms with Gasteiger partial charge in [-0.2, -0.15) is 0 Å². The molecule has 2 N–H and O–H groups in total. The van der Waals surface area contributed by atoms with Crippen LogP contribution < -0.4 is 10.1 Å². The van der Waals surface area contributed by atoms with Gasteiger partial charge in [0.1, 0.15) is 17.5 Å². The van der Waals surface area contributed by atoms with Crippen LogP contribution in [0.25, 0.3) is 10.9 Å². The maximum atomic E-state index is 12.7. The van der Waals surface area contributed by atoms with Crippen molar-refractivity contribution in [2.75, 3.05) is 13.6 Å². The van der Waals surface area contributed by atoms with Crippen molar-refractivity contribution < 1.29 is 9.53 Å². The number of benzene rings is 2. The third-order valence-electron chi connectivity index (χ3n) is 5.40. The lowest BCUT2D eigenvalue weighted by molar-refractivity contribution is 0.0927. The van der Waals surface area contributed by atoms with Crippen LogP contribution in [0.15, 0.2) is 53.4 Å². The van der Waals surface area contributed by atoms with E-state index in [9.17, 15) is 4.79 Å². The van der Waals surface area contributed by atoms with Crippen molar-refractivity contribution in [2.24, 2.45) is 0 Å². The topological polar surface area (TPSA) is 70.2 Å². The van der Waals surface area contributed by atoms with Gasteiger partial charge in [0.15, 0.2) is 0 Å². The quantitative estimate of drug-likeness (QED) is 0.334. The zero-order valence-corrected chi connectivity index (χ0v) is 20.5. The van der Waals surface area contributed by atoms with Crippen molar-refractivity contribution in [3.63, 3.8) is 0 Å². The van der Waals surface area contributed by atoms with E-state index in [1.165, 1.54) is 0 Å². The average molecular weight is 483 g/mol. The fourth-order valence-corrected chi connectivity index (χ4v) is 4.52. The average Bonchev–Trinajstić information content (AvgIpc) is 3.40. The molecule has 6 nitrogen and oxygen atoms in total. The molecule has 0 saturated heterocycles. The minimum Gasteiger partial charge on any atom is -0.489 e. The molecule has 1 atom stereocenters. The minimum atomic E-state index is -0.184. The second-order valence-electron chi connectivity index (χ2n) is 8.25. The zero-order chi connectivity index (χ0) is 23.4. The molecule has 172 valence electrons. The van der Waals surface area contributed by atoms with Crippen molar-refractivity contribution in [3.05, 3.63) is 80.9 Å². The smallest absolute Gasteiger partial charge is 0.268 e. The lowest BCUT2D eigenvalue weighted by atomic mass is 10.1. The van der Waals surface area contributed by atoms with Crippen LogP contribution in [0.1, 0.15) is 34.2 Å². The number of nitrogens with zero attached hydrogens (tertiary/aromatic N) is 2. The molecule has 0 unspecified atom stereocenters. The Bertz CT molecular complexity index is 1240. The van der Waals surface area contributed by atoms with Gasteiger partial charge < -0.3 is 15.0 Å². The third-order valence-corrected chi connectivity index (χ3v) is 6.27. The Morgan fingerprint density at radius 1 is 1.27 bits per heavy atom. The lowest BCUT2D eigenvalue weighted by Gasteiger charge is -2.18. The first-order valence-electron chi connectivity index (χ1n) is 10.8. The van der Waals surface area contributed by atoms with Gasteiger partial charge in [-0.15, -0.1) is 11.3 Å². The van der Waals surface area contributed by atoms with Crippen molar-refractivity contribution >= 4 is 39.7 Å². The van der Waals surface area contributed by atoms with E-state index in [2.05, 4.69) is 38.7 Å². The number of thiazole rings is 1. The highest BCUT2D eigenvalue weighted by molar-refractivity contribution is 7.07. The maximum absolute atomic E-state index is 12.7. The molecule has 2 aromatic heterocycles. The highest BCUT2D eigenvalue weighted by atomic mass is 35.5. The second-order valence-corrected chi connectivity index (χ2v) is 9.41. The molecular weight excluding hydrogens is 456 g/mol. The molecule has 0 aliphatic heterocycles. The number of carbonyl (C=O) groups is 1. The van der Waals surface area contributed by atoms with E-state index in [-0.39, 0.29) is 12.0 Å². The summed E-state index contributed by atoms with van der Waals surface area (Å²) in [5.41, 5.74) is 6.41. The lowest BCUT2D eigenvalue weighted by Crippen LogP contribution is -2.34. The first kappa shape index (κ1) is 23.3. The Labute approximate surface area is 202 Å². The first-order chi connectivity index (χ1) is 15.9. The maximum Gasteiger partial charge on any atom is 0.268 e. The number of fused-ring (bicyclic) bond motifs is 1. The van der Waals surface area contributed by atoms with Gasteiger partial charge in [-0.25, -0.2) is 4.98 Å². The molecule has 0 aliphatic rings. The summed E-state index contributed by atoms with van der Waals surface area (Å²) in [7, 11) is 2.07. The number of aromatic amines is 1. The Balaban J connectivity index is 1.31. The van der Waals surface area contributed by atoms with Crippen LogP contribution in [-0.4, -0.2) is 40.5 Å². The van der Waals surface area contributed by atoms with Crippen molar-refractivity contribution in [1.29, 1.82) is 0 Å². The highest BCUT2D eigenvalue weighted by Gasteiger charge is 2.16. The first-order valence-corrected chi connectivity index (χ1v) is 12.1. The summed E-state index contributed by atoms with van der Waals surface area (Å²) in [6, 6.07) is 13.6. The number of amides is 1. The van der Waals surface area contributed by atoms with Crippen molar-refractivity contribution in [3.8, 4) is 5.75 Å². The van der Waals surface area contributed by atoms with E-state index >= 15 is 0 Å². The molecule has 0 fully saturated rings. The molecule has 0 radical (unpaired) electrons. The standard InChI is InChI=1S/C25H27ClN4O2S/c1-16(11-27-25(31)24-17(2)22-10-19(26)7-8-23(22)29-24)32-21-6-4-5-18(9-21)12-30(3)13-20-14-33-15-28-20/h4-10,14-16,29H,11-13H2,1-3H3,(H,27,31)/t16-/m0/s1. The van der Waals surface area contributed by atoms with Gasteiger partial charge >= 0.3 is 0 Å². The number of carbonyl (C=O) groups excluding carboxylic acids is 1. The van der Waals surface area contributed by atoms with Crippen LogP contribution >= 0.6 is 22.9 Å². The fourth-order valence-electron chi connectivity index (χ4n) is 3.80. The predicted octanol–water partition coefficient (Wildman–Crippen LogP) is 5.42. The number of hydrogen-bond donors (Lipinski definition) is 2. The van der Waals surface area contributed by atoms with Crippen LogP contribution in [0.2, 0.25) is 5.02 Å². The highest BCUT2D eigenvalue weighted by Crippen LogP contribution is 2.25. The summed E-state index contributed by atoms with van der Waals surface area (Å²) in [5, 5.41) is 6.63. The molecule has 4 rings (SSSR count). The van der Waals surface area contributed by atoms with Gasteiger partial charge in [-0.05, 0) is 62.4 Å². The van der Waals surface area contributed by atoms with Gasteiger partial charge in [0, 0.05) is 34.4 Å². The molecule has 0 bridgehead atoms. The van der Waals surface area contributed by atoms with Crippen molar-refractivity contribution in [1.82, 2.24) is 20.2 Å². The molecule has 0 saturated carbocycles. The summed E-state index contributed by atoms with van der Waals surface area (Å²) >= 11 is 7.70. The number of hydrogen-bond acceptors (Lipinski definition) is 5. The van der Waals surface area contributed by atoms with E-state index in [0.29, 0.717) is 17.3 Å². The Kier molecular flexibility index (Phi) is 7.33. The predicted molar refractivity (Wildman–Crippen MR) is 134 cm³/mol. The Morgan fingerprint density at radius 2 is 2.12 bits per heavy atom. The molecule has 0 spiro atoms. The molecule has 2 heterocycles. The zero-order valence-electron chi connectivity index (χ0n) is 18.9. The van der Waals surface area contributed by atoms with E-state index in [1.807, 2.05) is 55.8 Å². The number of nitrogens with one attached hydrogen (secondary N) is 2. The fraction of sp³-hybridized carbons (Fsp3) is 0.280. The number of halogens is 1. The Morgan fingerprint density at radius 3 is 2.91 bits per heavy atom. The summed E-state index contributed by atoms with van der Waals surface area (Å²) in [6.45, 7) is 5.85. The van der Waals surface area contributed by atoms with Crippen LogP contribution in [0.4, 0.5) is 0 Å². The molecule has 8 heteroatoms. The van der Waals surface area contributed by atoms with E-state index < -0.39 is 0 Å². The van der Waals surface area contributed by atoms with E-state index in [1.54, 1.807) is 11.3 Å². The number of ether oxygens (including phenoxy) is 1. The summed E-state index contributed by atoms with van der Waals surface area (Å²) < 4.78 is 6.06. The van der Waals surface area contributed by atoms with Crippen LogP contribution in [0, 0.1) is 6.92 Å². The molecule has 2 aromatic carbocycles. The summed E-state index contributed by atoms with van der Waals surface area (Å²) in [6.07, 6.45) is -0.184. The van der Waals surface area contributed by atoms with Gasteiger partial charge in [-0.1, -0.05) is 23.7 Å². The number of rotatable bonds is 9. The molecule has 33 heavy (non-hydrogen) atoms. The SMILES string of the molecule is Cc1c(C(=O)NC[C@H](C)Oc2cccc(CN(C)Cc3cscn3)c2)[nH]c2ccc(Cl)cc12. The summed E-state index contributed by atoms with van der Waals surface area (Å²) in [4.78, 5) is 22.5. The molecule has 4 aromatic rings. The largest absolute Gasteiger partial charge is 0.489 e. The van der Waals surface area contributed by atoms with Crippen LogP contribution in [0.5, 0.6) is 5.75 Å². The third kappa shape index (κ3) is 5.93.